The van der Waals surface area contributed by atoms with Gasteiger partial charge in [-0.25, -0.2) is 0 Å². The third kappa shape index (κ3) is 5.50. The lowest BCUT2D eigenvalue weighted by molar-refractivity contribution is -0.122. The first-order valence-corrected chi connectivity index (χ1v) is 13.6. The van der Waals surface area contributed by atoms with E-state index in [4.69, 9.17) is 17.0 Å². The van der Waals surface area contributed by atoms with E-state index in [1.54, 1.807) is 18.4 Å². The molecule has 0 aliphatic heterocycles. The zero-order valence-electron chi connectivity index (χ0n) is 21.5. The van der Waals surface area contributed by atoms with E-state index in [9.17, 15) is 9.59 Å². The number of ether oxygens (including phenoxy) is 1. The van der Waals surface area contributed by atoms with Crippen LogP contribution < -0.4 is 10.3 Å². The molecular weight excluding hydrogens is 524 g/mol. The predicted octanol–water partition coefficient (Wildman–Crippen LogP) is 7.50. The Labute approximate surface area is 236 Å². The topological polar surface area (TPSA) is 53.2 Å². The molecule has 0 amide bonds. The summed E-state index contributed by atoms with van der Waals surface area (Å²) in [5, 5.41) is 0.170. The first kappa shape index (κ1) is 26.4. The number of thioether (sulfide) groups is 1. The Morgan fingerprint density at radius 2 is 1.18 bits per heavy atom. The Hall–Kier alpha value is -4.20. The molecule has 5 aromatic rings. The molecule has 1 heterocycles. The number of nitrogens with zero attached hydrogens (tertiary/aromatic N) is 2. The van der Waals surface area contributed by atoms with Crippen molar-refractivity contribution >= 4 is 29.1 Å². The van der Waals surface area contributed by atoms with Crippen LogP contribution in [-0.4, -0.2) is 19.9 Å². The van der Waals surface area contributed by atoms with Gasteiger partial charge in [0.1, 0.15) is 10.8 Å². The number of carbonyl (C=O) groups excluding carboxylic acids is 1. The second kappa shape index (κ2) is 11.3. The van der Waals surface area contributed by atoms with Crippen molar-refractivity contribution < 1.29 is 9.53 Å². The third-order valence-electron chi connectivity index (χ3n) is 6.10. The van der Waals surface area contributed by atoms with E-state index in [0.29, 0.717) is 27.6 Å². The Kier molecular flexibility index (Phi) is 7.63. The second-order valence-electron chi connectivity index (χ2n) is 9.29. The molecule has 1 aromatic heterocycles. The van der Waals surface area contributed by atoms with Gasteiger partial charge in [-0.2, -0.15) is 0 Å². The van der Waals surface area contributed by atoms with E-state index < -0.39 is 5.60 Å². The molecular formula is C32H26N2O3S2. The van der Waals surface area contributed by atoms with Crippen LogP contribution in [0.5, 0.6) is 5.75 Å². The molecule has 0 saturated heterocycles. The molecule has 0 unspecified atom stereocenters. The summed E-state index contributed by atoms with van der Waals surface area (Å²) in [5.41, 5.74) is 0.951. The highest BCUT2D eigenvalue weighted by molar-refractivity contribution is 8.13. The standard InChI is InChI=1S/C32H26N2O3S2/c1-32(2,37-26-21-13-6-14-22-26)30(36)39-29-27(23-15-7-3-8-16-23)28(35)33(24-17-9-4-10-18-24)31(38)34(29)25-19-11-5-12-20-25/h3-22H,1-2H3. The molecule has 0 aliphatic carbocycles. The molecule has 0 atom stereocenters. The molecule has 5 rings (SSSR count). The highest BCUT2D eigenvalue weighted by atomic mass is 32.2. The number of aromatic nitrogens is 2. The van der Waals surface area contributed by atoms with E-state index in [1.807, 2.05) is 121 Å². The summed E-state index contributed by atoms with van der Waals surface area (Å²) < 4.78 is 9.67. The molecule has 7 heteroatoms. The average molecular weight is 551 g/mol. The van der Waals surface area contributed by atoms with E-state index >= 15 is 0 Å². The van der Waals surface area contributed by atoms with Gasteiger partial charge in [0.25, 0.3) is 5.56 Å². The second-order valence-corrected chi connectivity index (χ2v) is 10.6. The van der Waals surface area contributed by atoms with Crippen LogP contribution in [0, 0.1) is 4.77 Å². The van der Waals surface area contributed by atoms with Crippen LogP contribution in [0.4, 0.5) is 0 Å². The van der Waals surface area contributed by atoms with Gasteiger partial charge in [-0.15, -0.1) is 0 Å². The predicted molar refractivity (Wildman–Crippen MR) is 160 cm³/mol. The van der Waals surface area contributed by atoms with E-state index in [1.165, 1.54) is 4.57 Å². The SMILES string of the molecule is CC(C)(Oc1ccccc1)C(=O)Sc1c(-c2ccccc2)c(=O)n(-c2ccccc2)c(=S)n1-c1ccccc1. The molecule has 0 spiro atoms. The minimum absolute atomic E-state index is 0.258. The van der Waals surface area contributed by atoms with Crippen LogP contribution in [0.1, 0.15) is 13.8 Å². The minimum atomic E-state index is -1.19. The molecule has 0 fully saturated rings. The Balaban J connectivity index is 1.77. The molecule has 5 nitrogen and oxygen atoms in total. The summed E-state index contributed by atoms with van der Waals surface area (Å²) in [4.78, 5) is 28.1. The van der Waals surface area contributed by atoms with Gasteiger partial charge in [-0.3, -0.25) is 18.7 Å². The van der Waals surface area contributed by atoms with Crippen molar-refractivity contribution in [2.24, 2.45) is 0 Å². The van der Waals surface area contributed by atoms with Gasteiger partial charge in [0, 0.05) is 5.69 Å². The van der Waals surface area contributed by atoms with Crippen LogP contribution in [0.2, 0.25) is 0 Å². The summed E-state index contributed by atoms with van der Waals surface area (Å²) in [5.74, 6) is 0.583. The summed E-state index contributed by atoms with van der Waals surface area (Å²) in [7, 11) is 0. The van der Waals surface area contributed by atoms with Crippen molar-refractivity contribution in [3.8, 4) is 28.3 Å². The molecule has 4 aromatic carbocycles. The Morgan fingerprint density at radius 3 is 1.72 bits per heavy atom. The maximum Gasteiger partial charge on any atom is 0.267 e. The Morgan fingerprint density at radius 1 is 0.718 bits per heavy atom. The van der Waals surface area contributed by atoms with Gasteiger partial charge in [0.2, 0.25) is 5.12 Å². The first-order valence-electron chi connectivity index (χ1n) is 12.4. The number of hydrogen-bond acceptors (Lipinski definition) is 5. The first-order chi connectivity index (χ1) is 18.9. The number of rotatable bonds is 7. The largest absolute Gasteiger partial charge is 0.479 e. The molecule has 39 heavy (non-hydrogen) atoms. The fourth-order valence-electron chi connectivity index (χ4n) is 4.18. The lowest BCUT2D eigenvalue weighted by Crippen LogP contribution is -2.37. The molecule has 0 saturated carbocycles. The summed E-state index contributed by atoms with van der Waals surface area (Å²) >= 11 is 6.93. The van der Waals surface area contributed by atoms with Crippen LogP contribution in [0.25, 0.3) is 22.5 Å². The normalized spacial score (nSPS) is 11.2. The highest BCUT2D eigenvalue weighted by Crippen LogP contribution is 2.36. The maximum atomic E-state index is 14.2. The van der Waals surface area contributed by atoms with Crippen molar-refractivity contribution in [1.29, 1.82) is 0 Å². The van der Waals surface area contributed by atoms with Crippen LogP contribution in [-0.2, 0) is 4.79 Å². The van der Waals surface area contributed by atoms with Gasteiger partial charge in [-0.05, 0) is 79.8 Å². The average Bonchev–Trinajstić information content (AvgIpc) is 2.95. The van der Waals surface area contributed by atoms with Crippen molar-refractivity contribution in [2.45, 2.75) is 24.5 Å². The van der Waals surface area contributed by atoms with Crippen LogP contribution in [0.15, 0.2) is 131 Å². The zero-order valence-corrected chi connectivity index (χ0v) is 23.1. The smallest absolute Gasteiger partial charge is 0.267 e. The van der Waals surface area contributed by atoms with Gasteiger partial charge < -0.3 is 4.74 Å². The summed E-state index contributed by atoms with van der Waals surface area (Å²) in [6.45, 7) is 3.45. The van der Waals surface area contributed by atoms with Gasteiger partial charge in [0.15, 0.2) is 10.4 Å². The summed E-state index contributed by atoms with van der Waals surface area (Å²) in [6, 6.07) is 37.4. The van der Waals surface area contributed by atoms with E-state index in [-0.39, 0.29) is 15.4 Å². The highest BCUT2D eigenvalue weighted by Gasteiger charge is 2.34. The molecule has 0 bridgehead atoms. The number of hydrogen-bond donors (Lipinski definition) is 0. The van der Waals surface area contributed by atoms with E-state index in [2.05, 4.69) is 0 Å². The molecule has 0 N–H and O–H groups in total. The van der Waals surface area contributed by atoms with Crippen molar-refractivity contribution in [3.05, 3.63) is 136 Å². The van der Waals surface area contributed by atoms with Gasteiger partial charge in [0.05, 0.1) is 11.3 Å². The van der Waals surface area contributed by atoms with Crippen molar-refractivity contribution in [3.63, 3.8) is 0 Å². The molecule has 194 valence electrons. The third-order valence-corrected chi connectivity index (χ3v) is 7.73. The van der Waals surface area contributed by atoms with Gasteiger partial charge >= 0.3 is 0 Å². The van der Waals surface area contributed by atoms with Crippen LogP contribution in [0.3, 0.4) is 0 Å². The zero-order chi connectivity index (χ0) is 27.4. The number of para-hydroxylation sites is 3. The van der Waals surface area contributed by atoms with Crippen molar-refractivity contribution in [1.82, 2.24) is 9.13 Å². The lowest BCUT2D eigenvalue weighted by Gasteiger charge is -2.26. The monoisotopic (exact) mass is 550 g/mol. The summed E-state index contributed by atoms with van der Waals surface area (Å²) in [6.07, 6.45) is 0. The quantitative estimate of drug-likeness (QED) is 0.119. The fraction of sp³-hybridized carbons (Fsp3) is 0.0938. The lowest BCUT2D eigenvalue weighted by atomic mass is 10.1. The van der Waals surface area contributed by atoms with E-state index in [0.717, 1.165) is 17.4 Å². The maximum absolute atomic E-state index is 14.2. The molecule has 0 radical (unpaired) electrons. The Bertz CT molecular complexity index is 1640. The van der Waals surface area contributed by atoms with Crippen LogP contribution >= 0.6 is 24.0 Å². The van der Waals surface area contributed by atoms with Crippen molar-refractivity contribution in [2.75, 3.05) is 0 Å². The number of carbonyl (C=O) groups is 1. The van der Waals surface area contributed by atoms with Gasteiger partial charge in [-0.1, -0.05) is 84.9 Å². The fourth-order valence-corrected chi connectivity index (χ4v) is 5.68. The minimum Gasteiger partial charge on any atom is -0.479 e. The molecule has 0 aliphatic rings. The number of benzene rings is 4.